The van der Waals surface area contributed by atoms with Crippen molar-refractivity contribution in [3.63, 3.8) is 0 Å². The second-order valence-corrected chi connectivity index (χ2v) is 8.70. The first kappa shape index (κ1) is 16.2. The maximum Gasteiger partial charge on any atom is 0.147 e. The number of hydrogen-bond donors (Lipinski definition) is 0. The van der Waals surface area contributed by atoms with Gasteiger partial charge in [-0.25, -0.2) is 8.42 Å². The van der Waals surface area contributed by atoms with Crippen LogP contribution in [0.15, 0.2) is 60.7 Å². The fraction of sp³-hybridized carbons (Fsp3) is 0.368. The standard InChI is InChI=1S/C19H23NO2S/c1-15-18(14-23(2,21)22)13-20(15)19(16-9-5-3-6-10-16)17-11-7-4-8-12-17/h3-12,15,18-19H,13-14H2,1-2H3/t15-,18?/m0/s1. The minimum atomic E-state index is -2.92. The van der Waals surface area contributed by atoms with Crippen LogP contribution in [0.3, 0.4) is 0 Å². The summed E-state index contributed by atoms with van der Waals surface area (Å²) < 4.78 is 23.2. The van der Waals surface area contributed by atoms with Crippen LogP contribution in [0.5, 0.6) is 0 Å². The molecule has 1 unspecified atom stereocenters. The largest absolute Gasteiger partial charge is 0.289 e. The van der Waals surface area contributed by atoms with E-state index in [1.54, 1.807) is 0 Å². The third kappa shape index (κ3) is 3.65. The molecule has 23 heavy (non-hydrogen) atoms. The quantitative estimate of drug-likeness (QED) is 0.846. The van der Waals surface area contributed by atoms with Gasteiger partial charge in [0.15, 0.2) is 0 Å². The Morgan fingerprint density at radius 2 is 1.48 bits per heavy atom. The average Bonchev–Trinajstić information content (AvgIpc) is 2.54. The number of likely N-dealkylation sites (tertiary alicyclic amines) is 1. The van der Waals surface area contributed by atoms with E-state index in [0.717, 1.165) is 6.54 Å². The lowest BCUT2D eigenvalue weighted by Crippen LogP contribution is -2.57. The van der Waals surface area contributed by atoms with Gasteiger partial charge in [-0.1, -0.05) is 60.7 Å². The molecule has 3 nitrogen and oxygen atoms in total. The van der Waals surface area contributed by atoms with Crippen LogP contribution >= 0.6 is 0 Å². The zero-order valence-corrected chi connectivity index (χ0v) is 14.4. The van der Waals surface area contributed by atoms with Gasteiger partial charge >= 0.3 is 0 Å². The molecule has 0 saturated carbocycles. The first-order valence-corrected chi connectivity index (χ1v) is 10.0. The van der Waals surface area contributed by atoms with E-state index in [-0.39, 0.29) is 23.8 Å². The Labute approximate surface area is 138 Å². The van der Waals surface area contributed by atoms with Crippen LogP contribution in [0.1, 0.15) is 24.1 Å². The van der Waals surface area contributed by atoms with Crippen molar-refractivity contribution in [2.24, 2.45) is 5.92 Å². The highest BCUT2D eigenvalue weighted by Crippen LogP contribution is 2.38. The number of rotatable bonds is 5. The molecule has 0 N–H and O–H groups in total. The zero-order valence-electron chi connectivity index (χ0n) is 13.6. The van der Waals surface area contributed by atoms with E-state index in [9.17, 15) is 8.42 Å². The monoisotopic (exact) mass is 329 g/mol. The normalized spacial score (nSPS) is 22.0. The van der Waals surface area contributed by atoms with E-state index >= 15 is 0 Å². The van der Waals surface area contributed by atoms with Gasteiger partial charge in [-0.2, -0.15) is 0 Å². The van der Waals surface area contributed by atoms with Gasteiger partial charge in [0.25, 0.3) is 0 Å². The van der Waals surface area contributed by atoms with E-state index in [0.29, 0.717) is 0 Å². The highest BCUT2D eigenvalue weighted by atomic mass is 32.2. The Balaban J connectivity index is 1.87. The van der Waals surface area contributed by atoms with Gasteiger partial charge in [0.1, 0.15) is 9.84 Å². The van der Waals surface area contributed by atoms with Gasteiger partial charge in [0.2, 0.25) is 0 Å². The lowest BCUT2D eigenvalue weighted by molar-refractivity contribution is 0.0118. The lowest BCUT2D eigenvalue weighted by atomic mass is 9.85. The zero-order chi connectivity index (χ0) is 16.4. The number of benzene rings is 2. The number of nitrogens with zero attached hydrogens (tertiary/aromatic N) is 1. The van der Waals surface area contributed by atoms with E-state index < -0.39 is 9.84 Å². The molecule has 0 spiro atoms. The number of sulfone groups is 1. The molecular formula is C19H23NO2S. The molecule has 1 aliphatic heterocycles. The van der Waals surface area contributed by atoms with Crippen molar-refractivity contribution < 1.29 is 8.42 Å². The van der Waals surface area contributed by atoms with Crippen molar-refractivity contribution in [1.82, 2.24) is 4.90 Å². The summed E-state index contributed by atoms with van der Waals surface area (Å²) in [5.41, 5.74) is 2.51. The van der Waals surface area contributed by atoms with Gasteiger partial charge in [0.05, 0.1) is 11.8 Å². The summed E-state index contributed by atoms with van der Waals surface area (Å²) >= 11 is 0. The molecule has 1 heterocycles. The van der Waals surface area contributed by atoms with Crippen molar-refractivity contribution in [1.29, 1.82) is 0 Å². The van der Waals surface area contributed by atoms with Crippen LogP contribution in [0, 0.1) is 5.92 Å². The average molecular weight is 329 g/mol. The summed E-state index contributed by atoms with van der Waals surface area (Å²) in [6.07, 6.45) is 1.33. The highest BCUT2D eigenvalue weighted by Gasteiger charge is 2.41. The Morgan fingerprint density at radius 3 is 1.87 bits per heavy atom. The van der Waals surface area contributed by atoms with Crippen LogP contribution in [-0.4, -0.2) is 37.9 Å². The molecule has 4 heteroatoms. The second kappa shape index (κ2) is 6.46. The van der Waals surface area contributed by atoms with E-state index in [1.807, 2.05) is 12.1 Å². The third-order valence-corrected chi connectivity index (χ3v) is 5.76. The van der Waals surface area contributed by atoms with E-state index in [2.05, 4.69) is 60.4 Å². The second-order valence-electron chi connectivity index (χ2n) is 6.51. The smallest absolute Gasteiger partial charge is 0.147 e. The molecule has 1 aliphatic rings. The topological polar surface area (TPSA) is 37.4 Å². The molecule has 1 fully saturated rings. The van der Waals surface area contributed by atoms with E-state index in [4.69, 9.17) is 0 Å². The molecule has 122 valence electrons. The van der Waals surface area contributed by atoms with Gasteiger partial charge in [-0.05, 0) is 18.1 Å². The van der Waals surface area contributed by atoms with Crippen LogP contribution in [0.25, 0.3) is 0 Å². The summed E-state index contributed by atoms with van der Waals surface area (Å²) in [6, 6.07) is 21.3. The first-order valence-electron chi connectivity index (χ1n) is 7.99. The van der Waals surface area contributed by atoms with Crippen LogP contribution < -0.4 is 0 Å². The third-order valence-electron chi connectivity index (χ3n) is 4.73. The maximum atomic E-state index is 11.6. The lowest BCUT2D eigenvalue weighted by Gasteiger charge is -2.50. The molecule has 2 aromatic carbocycles. The van der Waals surface area contributed by atoms with Crippen molar-refractivity contribution in [3.8, 4) is 0 Å². The molecule has 0 radical (unpaired) electrons. The number of hydrogen-bond acceptors (Lipinski definition) is 3. The van der Waals surface area contributed by atoms with Crippen molar-refractivity contribution in [2.45, 2.75) is 19.0 Å². The Kier molecular flexibility index (Phi) is 4.55. The Morgan fingerprint density at radius 1 is 1.00 bits per heavy atom. The summed E-state index contributed by atoms with van der Waals surface area (Å²) in [5.74, 6) is 0.501. The van der Waals surface area contributed by atoms with Gasteiger partial charge in [0, 0.05) is 24.8 Å². The summed E-state index contributed by atoms with van der Waals surface area (Å²) in [6.45, 7) is 2.96. The fourth-order valence-corrected chi connectivity index (χ4v) is 4.65. The van der Waals surface area contributed by atoms with Gasteiger partial charge in [-0.3, -0.25) is 4.90 Å². The molecular weight excluding hydrogens is 306 g/mol. The minimum Gasteiger partial charge on any atom is -0.289 e. The predicted octanol–water partition coefficient (Wildman–Crippen LogP) is 3.14. The summed E-state index contributed by atoms with van der Waals surface area (Å²) in [5, 5.41) is 0. The van der Waals surface area contributed by atoms with Crippen LogP contribution in [0.2, 0.25) is 0 Å². The molecule has 2 atom stereocenters. The molecule has 1 saturated heterocycles. The Bertz CT molecular complexity index is 704. The van der Waals surface area contributed by atoms with Gasteiger partial charge in [-0.15, -0.1) is 0 Å². The predicted molar refractivity (Wildman–Crippen MR) is 94.1 cm³/mol. The maximum absolute atomic E-state index is 11.6. The van der Waals surface area contributed by atoms with Crippen LogP contribution in [-0.2, 0) is 9.84 Å². The van der Waals surface area contributed by atoms with E-state index in [1.165, 1.54) is 17.4 Å². The Hall–Kier alpha value is -1.65. The molecule has 0 aromatic heterocycles. The van der Waals surface area contributed by atoms with Gasteiger partial charge < -0.3 is 0 Å². The molecule has 0 aliphatic carbocycles. The van der Waals surface area contributed by atoms with Crippen molar-refractivity contribution >= 4 is 9.84 Å². The van der Waals surface area contributed by atoms with Crippen molar-refractivity contribution in [2.75, 3.05) is 18.6 Å². The summed E-state index contributed by atoms with van der Waals surface area (Å²) in [4.78, 5) is 2.40. The SMILES string of the molecule is C[C@H]1C(CS(C)(=O)=O)CN1C(c1ccccc1)c1ccccc1. The molecule has 3 rings (SSSR count). The molecule has 2 aromatic rings. The highest BCUT2D eigenvalue weighted by molar-refractivity contribution is 7.90. The fourth-order valence-electron chi connectivity index (χ4n) is 3.49. The molecule has 0 bridgehead atoms. The summed E-state index contributed by atoms with van der Waals surface area (Å²) in [7, 11) is -2.92. The molecule has 0 amide bonds. The first-order chi connectivity index (χ1) is 11.0. The minimum absolute atomic E-state index is 0.184. The van der Waals surface area contributed by atoms with Crippen LogP contribution in [0.4, 0.5) is 0 Å². The van der Waals surface area contributed by atoms with Crippen molar-refractivity contribution in [3.05, 3.63) is 71.8 Å².